The Morgan fingerprint density at radius 3 is 2.54 bits per heavy atom. The molecule has 1 atom stereocenters. The van der Waals surface area contributed by atoms with Crippen molar-refractivity contribution < 1.29 is 0 Å². The van der Waals surface area contributed by atoms with E-state index in [1.54, 1.807) is 0 Å². The number of nitrogens with one attached hydrogen (secondary N) is 1. The molecule has 3 nitrogen and oxygen atoms in total. The van der Waals surface area contributed by atoms with Gasteiger partial charge in [-0.15, -0.1) is 0 Å². The molecule has 2 heterocycles. The molecule has 138 valence electrons. The maximum Gasteiger partial charge on any atom is 0.0570 e. The molecule has 1 saturated carbocycles. The van der Waals surface area contributed by atoms with Crippen LogP contribution in [0.4, 0.5) is 0 Å². The third kappa shape index (κ3) is 4.33. The minimum atomic E-state index is 0.333. The van der Waals surface area contributed by atoms with Crippen LogP contribution in [0.25, 0.3) is 0 Å². The van der Waals surface area contributed by atoms with Gasteiger partial charge >= 0.3 is 0 Å². The average molecular weight is 350 g/mol. The van der Waals surface area contributed by atoms with Gasteiger partial charge in [-0.05, 0) is 87.3 Å². The van der Waals surface area contributed by atoms with E-state index in [0.29, 0.717) is 6.04 Å². The summed E-state index contributed by atoms with van der Waals surface area (Å²) in [7, 11) is 0. The molecule has 2 aliphatic rings. The quantitative estimate of drug-likeness (QED) is 0.796. The second-order valence-corrected chi connectivity index (χ2v) is 8.14. The van der Waals surface area contributed by atoms with E-state index in [9.17, 15) is 0 Å². The first kappa shape index (κ1) is 17.7. The first-order valence-corrected chi connectivity index (χ1v) is 10.2. The van der Waals surface area contributed by atoms with E-state index in [2.05, 4.69) is 58.5 Å². The van der Waals surface area contributed by atoms with Gasteiger partial charge in [-0.2, -0.15) is 0 Å². The summed E-state index contributed by atoms with van der Waals surface area (Å²) >= 11 is 0. The molecular formula is C23H31N3. The topological polar surface area (TPSA) is 28.2 Å². The van der Waals surface area contributed by atoms with Crippen molar-refractivity contribution in [3.63, 3.8) is 0 Å². The van der Waals surface area contributed by atoms with Crippen LogP contribution in [0.3, 0.4) is 0 Å². The molecule has 2 fully saturated rings. The predicted octanol–water partition coefficient (Wildman–Crippen LogP) is 4.52. The number of likely N-dealkylation sites (tertiary alicyclic amines) is 1. The normalized spacial score (nSPS) is 24.3. The highest BCUT2D eigenvalue weighted by Crippen LogP contribution is 2.41. The molecular weight excluding hydrogens is 318 g/mol. The van der Waals surface area contributed by atoms with Crippen molar-refractivity contribution in [3.8, 4) is 0 Å². The van der Waals surface area contributed by atoms with Crippen LogP contribution in [0.15, 0.2) is 48.7 Å². The Balaban J connectivity index is 1.20. The van der Waals surface area contributed by atoms with Crippen LogP contribution in [0.1, 0.15) is 61.4 Å². The number of rotatable bonds is 7. The lowest BCUT2D eigenvalue weighted by Gasteiger charge is -2.36. The largest absolute Gasteiger partial charge is 0.309 e. The third-order valence-electron chi connectivity index (χ3n) is 6.14. The zero-order valence-electron chi connectivity index (χ0n) is 15.9. The minimum absolute atomic E-state index is 0.333. The molecule has 0 radical (unpaired) electrons. The Morgan fingerprint density at radius 1 is 1.08 bits per heavy atom. The zero-order valence-corrected chi connectivity index (χ0v) is 15.9. The molecule has 2 aromatic rings. The number of benzene rings is 1. The highest BCUT2D eigenvalue weighted by molar-refractivity contribution is 5.27. The maximum atomic E-state index is 4.44. The molecule has 0 amide bonds. The molecule has 1 aromatic heterocycles. The third-order valence-corrected chi connectivity index (χ3v) is 6.14. The van der Waals surface area contributed by atoms with Gasteiger partial charge in [0.15, 0.2) is 0 Å². The molecule has 1 aliphatic carbocycles. The lowest BCUT2D eigenvalue weighted by molar-refractivity contribution is 0.247. The minimum Gasteiger partial charge on any atom is -0.309 e. The molecule has 1 aromatic carbocycles. The van der Waals surface area contributed by atoms with Crippen molar-refractivity contribution in [3.05, 3.63) is 65.5 Å². The molecule has 4 rings (SSSR count). The van der Waals surface area contributed by atoms with E-state index in [0.717, 1.165) is 30.6 Å². The number of nitrogens with zero attached hydrogens (tertiary/aromatic N) is 2. The first-order chi connectivity index (χ1) is 12.8. The number of aromatic nitrogens is 1. The summed E-state index contributed by atoms with van der Waals surface area (Å²) in [6.07, 6.45) is 7.24. The maximum absolute atomic E-state index is 4.44. The number of hydrogen-bond acceptors (Lipinski definition) is 3. The van der Waals surface area contributed by atoms with E-state index in [1.807, 2.05) is 12.3 Å². The van der Waals surface area contributed by atoms with Gasteiger partial charge in [-0.25, -0.2) is 0 Å². The summed E-state index contributed by atoms with van der Waals surface area (Å²) in [5.41, 5.74) is 4.14. The predicted molar refractivity (Wildman–Crippen MR) is 107 cm³/mol. The smallest absolute Gasteiger partial charge is 0.0570 e. The van der Waals surface area contributed by atoms with Crippen LogP contribution >= 0.6 is 0 Å². The molecule has 1 saturated heterocycles. The Bertz CT molecular complexity index is 670. The van der Waals surface area contributed by atoms with E-state index >= 15 is 0 Å². The van der Waals surface area contributed by atoms with Crippen molar-refractivity contribution in [2.24, 2.45) is 5.92 Å². The fourth-order valence-electron chi connectivity index (χ4n) is 4.35. The van der Waals surface area contributed by atoms with E-state index in [4.69, 9.17) is 0 Å². The fraction of sp³-hybridized carbons (Fsp3) is 0.522. The average Bonchev–Trinajstić information content (AvgIpc) is 3.15. The Labute approximate surface area is 157 Å². The Kier molecular flexibility index (Phi) is 5.66. The second-order valence-electron chi connectivity index (χ2n) is 8.14. The Morgan fingerprint density at radius 2 is 1.85 bits per heavy atom. The van der Waals surface area contributed by atoms with E-state index in [-0.39, 0.29) is 0 Å². The second kappa shape index (κ2) is 8.32. The van der Waals surface area contributed by atoms with Crippen LogP contribution in [-0.2, 0) is 6.54 Å². The van der Waals surface area contributed by atoms with Crippen LogP contribution in [-0.4, -0.2) is 29.5 Å². The lowest BCUT2D eigenvalue weighted by Crippen LogP contribution is -2.33. The summed E-state index contributed by atoms with van der Waals surface area (Å²) in [6, 6.07) is 15.9. The summed E-state index contributed by atoms with van der Waals surface area (Å²) in [6.45, 7) is 6.98. The van der Waals surface area contributed by atoms with Crippen molar-refractivity contribution in [2.45, 2.75) is 51.1 Å². The van der Waals surface area contributed by atoms with Crippen LogP contribution < -0.4 is 5.32 Å². The molecule has 1 unspecified atom stereocenters. The van der Waals surface area contributed by atoms with Gasteiger partial charge in [0.2, 0.25) is 0 Å². The monoisotopic (exact) mass is 349 g/mol. The van der Waals surface area contributed by atoms with Gasteiger partial charge < -0.3 is 5.32 Å². The van der Waals surface area contributed by atoms with Crippen LogP contribution in [0, 0.1) is 5.92 Å². The summed E-state index contributed by atoms with van der Waals surface area (Å²) in [5, 5.41) is 3.65. The standard InChI is InChI=1S/C23H31N3/c1-18(23-6-2-3-11-24-23)25-16-20-14-22(15-20)21-9-7-19(8-10-21)17-26-12-4-5-13-26/h2-3,6-11,18,20,22,25H,4-5,12-17H2,1H3. The fourth-order valence-corrected chi connectivity index (χ4v) is 4.35. The van der Waals surface area contributed by atoms with Crippen molar-refractivity contribution in [2.75, 3.05) is 19.6 Å². The van der Waals surface area contributed by atoms with Crippen molar-refractivity contribution in [1.29, 1.82) is 0 Å². The molecule has 1 aliphatic heterocycles. The number of pyridine rings is 1. The van der Waals surface area contributed by atoms with Gasteiger partial charge in [0.25, 0.3) is 0 Å². The highest BCUT2D eigenvalue weighted by Gasteiger charge is 2.30. The molecule has 0 bridgehead atoms. The van der Waals surface area contributed by atoms with Gasteiger partial charge in [0, 0.05) is 18.8 Å². The van der Waals surface area contributed by atoms with Crippen LogP contribution in [0.2, 0.25) is 0 Å². The molecule has 0 spiro atoms. The van der Waals surface area contributed by atoms with E-state index in [1.165, 1.54) is 49.9 Å². The lowest BCUT2D eigenvalue weighted by atomic mass is 9.71. The van der Waals surface area contributed by atoms with Gasteiger partial charge in [-0.3, -0.25) is 9.88 Å². The van der Waals surface area contributed by atoms with Gasteiger partial charge in [0.1, 0.15) is 0 Å². The SMILES string of the molecule is CC(NCC1CC(c2ccc(CN3CCCC3)cc2)C1)c1ccccn1. The van der Waals surface area contributed by atoms with E-state index < -0.39 is 0 Å². The molecule has 3 heteroatoms. The Hall–Kier alpha value is -1.71. The summed E-state index contributed by atoms with van der Waals surface area (Å²) in [5.74, 6) is 1.56. The highest BCUT2D eigenvalue weighted by atomic mass is 15.1. The van der Waals surface area contributed by atoms with Crippen molar-refractivity contribution >= 4 is 0 Å². The van der Waals surface area contributed by atoms with Gasteiger partial charge in [0.05, 0.1) is 5.69 Å². The van der Waals surface area contributed by atoms with Gasteiger partial charge in [-0.1, -0.05) is 30.3 Å². The molecule has 1 N–H and O–H groups in total. The zero-order chi connectivity index (χ0) is 17.8. The van der Waals surface area contributed by atoms with Crippen LogP contribution in [0.5, 0.6) is 0 Å². The van der Waals surface area contributed by atoms with Crippen molar-refractivity contribution in [1.82, 2.24) is 15.2 Å². The summed E-state index contributed by atoms with van der Waals surface area (Å²) < 4.78 is 0. The number of hydrogen-bond donors (Lipinski definition) is 1. The summed E-state index contributed by atoms with van der Waals surface area (Å²) in [4.78, 5) is 7.01. The molecule has 26 heavy (non-hydrogen) atoms. The first-order valence-electron chi connectivity index (χ1n) is 10.2.